The van der Waals surface area contributed by atoms with E-state index in [1.807, 2.05) is 11.8 Å². The lowest BCUT2D eigenvalue weighted by molar-refractivity contribution is -0.132. The molecule has 0 aromatic heterocycles. The Morgan fingerprint density at radius 2 is 2.00 bits per heavy atom. The minimum atomic E-state index is 0.310. The molecule has 0 spiro atoms. The van der Waals surface area contributed by atoms with Crippen molar-refractivity contribution >= 4 is 5.91 Å². The first-order chi connectivity index (χ1) is 7.13. The molecule has 1 N–H and O–H groups in total. The number of rotatable bonds is 4. The van der Waals surface area contributed by atoms with E-state index in [0.29, 0.717) is 18.4 Å². The van der Waals surface area contributed by atoms with E-state index in [4.69, 9.17) is 0 Å². The van der Waals surface area contributed by atoms with Crippen LogP contribution in [0.4, 0.5) is 0 Å². The van der Waals surface area contributed by atoms with Crippen LogP contribution in [0.2, 0.25) is 0 Å². The molecule has 15 heavy (non-hydrogen) atoms. The summed E-state index contributed by atoms with van der Waals surface area (Å²) in [5, 5.41) is 3.47. The zero-order valence-electron chi connectivity index (χ0n) is 10.3. The van der Waals surface area contributed by atoms with E-state index in [9.17, 15) is 4.79 Å². The Labute approximate surface area is 93.2 Å². The first-order valence-corrected chi connectivity index (χ1v) is 6.14. The van der Waals surface area contributed by atoms with Crippen LogP contribution < -0.4 is 5.32 Å². The quantitative estimate of drug-likeness (QED) is 0.768. The molecule has 0 saturated carbocycles. The smallest absolute Gasteiger partial charge is 0.222 e. The van der Waals surface area contributed by atoms with E-state index >= 15 is 0 Å². The summed E-state index contributed by atoms with van der Waals surface area (Å²) in [5.41, 5.74) is 0. The van der Waals surface area contributed by atoms with E-state index in [-0.39, 0.29) is 0 Å². The van der Waals surface area contributed by atoms with Crippen LogP contribution in [0.1, 0.15) is 40.0 Å². The van der Waals surface area contributed by atoms with Crippen molar-refractivity contribution in [2.75, 3.05) is 19.6 Å². The number of nitrogens with one attached hydrogen (secondary N) is 1. The van der Waals surface area contributed by atoms with E-state index in [1.165, 1.54) is 0 Å². The van der Waals surface area contributed by atoms with Crippen molar-refractivity contribution in [2.45, 2.75) is 46.1 Å². The van der Waals surface area contributed by atoms with Gasteiger partial charge in [-0.1, -0.05) is 20.8 Å². The van der Waals surface area contributed by atoms with Gasteiger partial charge in [0.1, 0.15) is 0 Å². The van der Waals surface area contributed by atoms with Crippen molar-refractivity contribution in [1.82, 2.24) is 10.2 Å². The SMILES string of the molecule is CCC(=O)N1CCC(CNC(C)C)CC1. The third kappa shape index (κ3) is 4.20. The van der Waals surface area contributed by atoms with Crippen molar-refractivity contribution in [3.8, 4) is 0 Å². The average molecular weight is 212 g/mol. The van der Waals surface area contributed by atoms with Gasteiger partial charge in [0.15, 0.2) is 0 Å². The van der Waals surface area contributed by atoms with Gasteiger partial charge in [0, 0.05) is 25.6 Å². The number of likely N-dealkylation sites (tertiary alicyclic amines) is 1. The maximum absolute atomic E-state index is 11.4. The maximum Gasteiger partial charge on any atom is 0.222 e. The Balaban J connectivity index is 2.21. The van der Waals surface area contributed by atoms with Crippen molar-refractivity contribution in [3.05, 3.63) is 0 Å². The van der Waals surface area contributed by atoms with Crippen LogP contribution in [-0.2, 0) is 4.79 Å². The number of amides is 1. The molecule has 1 saturated heterocycles. The zero-order chi connectivity index (χ0) is 11.3. The minimum absolute atomic E-state index is 0.310. The van der Waals surface area contributed by atoms with Gasteiger partial charge in [-0.3, -0.25) is 4.79 Å². The Hall–Kier alpha value is -0.570. The molecule has 1 aliphatic rings. The summed E-state index contributed by atoms with van der Waals surface area (Å²) in [6, 6.07) is 0.570. The fourth-order valence-electron chi connectivity index (χ4n) is 2.01. The van der Waals surface area contributed by atoms with Crippen molar-refractivity contribution in [3.63, 3.8) is 0 Å². The molecule has 1 heterocycles. The number of nitrogens with zero attached hydrogens (tertiary/aromatic N) is 1. The fourth-order valence-corrected chi connectivity index (χ4v) is 2.01. The Morgan fingerprint density at radius 3 is 2.47 bits per heavy atom. The van der Waals surface area contributed by atoms with Crippen LogP contribution in [0.5, 0.6) is 0 Å². The molecule has 1 aliphatic heterocycles. The molecule has 0 unspecified atom stereocenters. The molecule has 1 rings (SSSR count). The topological polar surface area (TPSA) is 32.3 Å². The molecule has 1 fully saturated rings. The third-order valence-corrected chi connectivity index (χ3v) is 3.08. The lowest BCUT2D eigenvalue weighted by atomic mass is 9.96. The molecule has 3 nitrogen and oxygen atoms in total. The molecule has 0 radical (unpaired) electrons. The average Bonchev–Trinajstić information content (AvgIpc) is 2.26. The Morgan fingerprint density at radius 1 is 1.40 bits per heavy atom. The number of hydrogen-bond acceptors (Lipinski definition) is 2. The summed E-state index contributed by atoms with van der Waals surface area (Å²) in [6.07, 6.45) is 2.96. The lowest BCUT2D eigenvalue weighted by Crippen LogP contribution is -2.41. The van der Waals surface area contributed by atoms with Crippen LogP contribution in [0, 0.1) is 5.92 Å². The largest absolute Gasteiger partial charge is 0.343 e. The highest BCUT2D eigenvalue weighted by Gasteiger charge is 2.21. The van der Waals surface area contributed by atoms with Crippen LogP contribution in [0.15, 0.2) is 0 Å². The highest BCUT2D eigenvalue weighted by atomic mass is 16.2. The summed E-state index contributed by atoms with van der Waals surface area (Å²) < 4.78 is 0. The molecule has 0 aliphatic carbocycles. The molecule has 0 aromatic rings. The summed E-state index contributed by atoms with van der Waals surface area (Å²) in [5.74, 6) is 1.07. The van der Waals surface area contributed by atoms with Crippen LogP contribution in [0.3, 0.4) is 0 Å². The van der Waals surface area contributed by atoms with Gasteiger partial charge in [-0.05, 0) is 25.3 Å². The molecule has 88 valence electrons. The van der Waals surface area contributed by atoms with Gasteiger partial charge in [0.05, 0.1) is 0 Å². The molecule has 0 aromatic carbocycles. The van der Waals surface area contributed by atoms with Crippen LogP contribution >= 0.6 is 0 Å². The van der Waals surface area contributed by atoms with Gasteiger partial charge in [-0.25, -0.2) is 0 Å². The summed E-state index contributed by atoms with van der Waals surface area (Å²) in [6.45, 7) is 9.31. The van der Waals surface area contributed by atoms with Crippen LogP contribution in [-0.4, -0.2) is 36.5 Å². The van der Waals surface area contributed by atoms with Gasteiger partial charge < -0.3 is 10.2 Å². The van der Waals surface area contributed by atoms with Crippen LogP contribution in [0.25, 0.3) is 0 Å². The predicted octanol–water partition coefficient (Wildman–Crippen LogP) is 1.63. The molecular weight excluding hydrogens is 188 g/mol. The monoisotopic (exact) mass is 212 g/mol. The fraction of sp³-hybridized carbons (Fsp3) is 0.917. The predicted molar refractivity (Wildman–Crippen MR) is 62.7 cm³/mol. The summed E-state index contributed by atoms with van der Waals surface area (Å²) in [4.78, 5) is 13.5. The summed E-state index contributed by atoms with van der Waals surface area (Å²) >= 11 is 0. The number of hydrogen-bond donors (Lipinski definition) is 1. The maximum atomic E-state index is 11.4. The second-order valence-electron chi connectivity index (χ2n) is 4.74. The van der Waals surface area contributed by atoms with Gasteiger partial charge in [0.2, 0.25) is 5.91 Å². The Kier molecular flexibility index (Phi) is 5.09. The van der Waals surface area contributed by atoms with E-state index in [1.54, 1.807) is 0 Å². The van der Waals surface area contributed by atoms with E-state index < -0.39 is 0 Å². The highest BCUT2D eigenvalue weighted by Crippen LogP contribution is 2.17. The lowest BCUT2D eigenvalue weighted by Gasteiger charge is -2.32. The molecular formula is C12H24N2O. The van der Waals surface area contributed by atoms with Crippen molar-refractivity contribution in [2.24, 2.45) is 5.92 Å². The third-order valence-electron chi connectivity index (χ3n) is 3.08. The van der Waals surface area contributed by atoms with Crippen molar-refractivity contribution in [1.29, 1.82) is 0 Å². The highest BCUT2D eigenvalue weighted by molar-refractivity contribution is 5.75. The Bertz CT molecular complexity index is 196. The minimum Gasteiger partial charge on any atom is -0.343 e. The molecule has 0 atom stereocenters. The van der Waals surface area contributed by atoms with Gasteiger partial charge in [0.25, 0.3) is 0 Å². The molecule has 1 amide bonds. The molecule has 0 bridgehead atoms. The normalized spacial score (nSPS) is 18.5. The first-order valence-electron chi connectivity index (χ1n) is 6.14. The molecule has 3 heteroatoms. The van der Waals surface area contributed by atoms with Gasteiger partial charge in [-0.2, -0.15) is 0 Å². The number of carbonyl (C=O) groups is 1. The zero-order valence-corrected chi connectivity index (χ0v) is 10.3. The number of carbonyl (C=O) groups excluding carboxylic acids is 1. The van der Waals surface area contributed by atoms with Gasteiger partial charge >= 0.3 is 0 Å². The van der Waals surface area contributed by atoms with E-state index in [2.05, 4.69) is 19.2 Å². The van der Waals surface area contributed by atoms with Crippen molar-refractivity contribution < 1.29 is 4.79 Å². The standard InChI is InChI=1S/C12H24N2O/c1-4-12(15)14-7-5-11(6-8-14)9-13-10(2)3/h10-11,13H,4-9H2,1-3H3. The first kappa shape index (κ1) is 12.5. The summed E-state index contributed by atoms with van der Waals surface area (Å²) in [7, 11) is 0. The second kappa shape index (κ2) is 6.11. The second-order valence-corrected chi connectivity index (χ2v) is 4.74. The van der Waals surface area contributed by atoms with Gasteiger partial charge in [-0.15, -0.1) is 0 Å². The van der Waals surface area contributed by atoms with E-state index in [0.717, 1.165) is 38.4 Å². The number of piperidine rings is 1.